The van der Waals surface area contributed by atoms with E-state index in [9.17, 15) is 5.11 Å². The fraction of sp³-hybridized carbons (Fsp3) is 0.480. The molecular formula is C25H36BN2O2. The average molecular weight is 407 g/mol. The van der Waals surface area contributed by atoms with Crippen LogP contribution in [0.2, 0.25) is 6.82 Å². The van der Waals surface area contributed by atoms with Crippen molar-refractivity contribution in [2.24, 2.45) is 0 Å². The lowest BCUT2D eigenvalue weighted by molar-refractivity contribution is 0.220. The van der Waals surface area contributed by atoms with Crippen molar-refractivity contribution in [1.29, 1.82) is 5.26 Å². The first-order valence-corrected chi connectivity index (χ1v) is 10.9. The highest BCUT2D eigenvalue weighted by Gasteiger charge is 2.19. The Kier molecular flexibility index (Phi) is 12.6. The standard InChI is InChI=1S/C15H20N2O.C8H10BO.C2H6/c1-12-6-13(9-16)8-14(7-12)15(11-18)10-17-4-2-3-5-17;1-9-7-3-5-8(10-2)6-4-7;1-2/h6-8,15,18H,2-5,10-11H2,1H3;3-6H,1-2H3;1-2H3. The zero-order valence-corrected chi connectivity index (χ0v) is 19.2. The topological polar surface area (TPSA) is 56.5 Å². The molecule has 0 saturated carbocycles. The molecule has 0 aliphatic carbocycles. The molecule has 0 spiro atoms. The molecule has 0 aromatic heterocycles. The van der Waals surface area contributed by atoms with Gasteiger partial charge in [-0.3, -0.25) is 0 Å². The summed E-state index contributed by atoms with van der Waals surface area (Å²) in [7, 11) is 3.73. The van der Waals surface area contributed by atoms with Crippen molar-refractivity contribution in [3.05, 3.63) is 59.2 Å². The summed E-state index contributed by atoms with van der Waals surface area (Å²) in [6, 6.07) is 16.0. The molecule has 1 N–H and O–H groups in total. The van der Waals surface area contributed by atoms with Gasteiger partial charge in [0.2, 0.25) is 0 Å². The van der Waals surface area contributed by atoms with E-state index >= 15 is 0 Å². The van der Waals surface area contributed by atoms with Gasteiger partial charge < -0.3 is 14.7 Å². The molecule has 4 nitrogen and oxygen atoms in total. The van der Waals surface area contributed by atoms with Gasteiger partial charge in [0.15, 0.2) is 0 Å². The van der Waals surface area contributed by atoms with Crippen molar-refractivity contribution in [2.75, 3.05) is 33.4 Å². The zero-order chi connectivity index (χ0) is 22.4. The molecule has 30 heavy (non-hydrogen) atoms. The summed E-state index contributed by atoms with van der Waals surface area (Å²) in [5, 5.41) is 18.6. The number of hydrogen-bond acceptors (Lipinski definition) is 4. The maximum atomic E-state index is 9.58. The number of aliphatic hydroxyl groups excluding tert-OH is 1. The van der Waals surface area contributed by atoms with Crippen LogP contribution in [0.5, 0.6) is 5.75 Å². The van der Waals surface area contributed by atoms with E-state index in [1.54, 1.807) is 7.11 Å². The minimum Gasteiger partial charge on any atom is -0.497 e. The third-order valence-electron chi connectivity index (χ3n) is 5.05. The number of nitrogens with zero attached hydrogens (tertiary/aromatic N) is 2. The Morgan fingerprint density at radius 3 is 2.27 bits per heavy atom. The first-order chi connectivity index (χ1) is 14.6. The normalized spacial score (nSPS) is 13.8. The number of aliphatic hydroxyl groups is 1. The number of nitriles is 1. The van der Waals surface area contributed by atoms with Crippen molar-refractivity contribution < 1.29 is 9.84 Å². The third-order valence-corrected chi connectivity index (χ3v) is 5.05. The van der Waals surface area contributed by atoms with Gasteiger partial charge in [-0.2, -0.15) is 5.26 Å². The first kappa shape index (κ1) is 25.8. The van der Waals surface area contributed by atoms with Gasteiger partial charge in [-0.1, -0.05) is 44.3 Å². The molecule has 2 aromatic carbocycles. The highest BCUT2D eigenvalue weighted by molar-refractivity contribution is 6.51. The van der Waals surface area contributed by atoms with Crippen LogP contribution in [-0.4, -0.2) is 50.6 Å². The molecule has 5 heteroatoms. The Labute approximate surface area is 183 Å². The second-order valence-corrected chi connectivity index (χ2v) is 7.19. The van der Waals surface area contributed by atoms with Gasteiger partial charge in [0.05, 0.1) is 25.3 Å². The van der Waals surface area contributed by atoms with Crippen LogP contribution in [0.4, 0.5) is 0 Å². The fourth-order valence-electron chi connectivity index (χ4n) is 3.45. The van der Waals surface area contributed by atoms with E-state index in [4.69, 9.17) is 10.00 Å². The summed E-state index contributed by atoms with van der Waals surface area (Å²) >= 11 is 0. The molecule has 1 aliphatic rings. The van der Waals surface area contributed by atoms with E-state index in [2.05, 4.69) is 24.3 Å². The second-order valence-electron chi connectivity index (χ2n) is 7.19. The van der Waals surface area contributed by atoms with E-state index in [1.165, 1.54) is 18.3 Å². The van der Waals surface area contributed by atoms with Gasteiger partial charge >= 0.3 is 0 Å². The Morgan fingerprint density at radius 1 is 1.13 bits per heavy atom. The lowest BCUT2D eigenvalue weighted by atomic mass is 9.73. The maximum Gasteiger partial charge on any atom is 0.148 e. The van der Waals surface area contributed by atoms with E-state index in [0.29, 0.717) is 5.56 Å². The largest absolute Gasteiger partial charge is 0.497 e. The lowest BCUT2D eigenvalue weighted by Crippen LogP contribution is -2.27. The molecule has 1 aliphatic heterocycles. The molecule has 1 radical (unpaired) electrons. The SMILES string of the molecule is CC.C[B]c1ccc(OC)cc1.Cc1cc(C#N)cc(C(CO)CN2CCCC2)c1. The molecule has 1 heterocycles. The van der Waals surface area contributed by atoms with Gasteiger partial charge in [0, 0.05) is 12.5 Å². The molecule has 161 valence electrons. The summed E-state index contributed by atoms with van der Waals surface area (Å²) in [5.41, 5.74) is 4.08. The number of rotatable bonds is 6. The van der Waals surface area contributed by atoms with Crippen LogP contribution in [-0.2, 0) is 0 Å². The summed E-state index contributed by atoms with van der Waals surface area (Å²) in [6.45, 7) is 11.3. The van der Waals surface area contributed by atoms with Crippen LogP contribution in [0, 0.1) is 18.3 Å². The molecule has 1 saturated heterocycles. The smallest absolute Gasteiger partial charge is 0.148 e. The van der Waals surface area contributed by atoms with Gasteiger partial charge in [0.1, 0.15) is 13.0 Å². The van der Waals surface area contributed by atoms with Crippen LogP contribution in [0.3, 0.4) is 0 Å². The number of benzene rings is 2. The molecule has 1 fully saturated rings. The molecule has 0 bridgehead atoms. The van der Waals surface area contributed by atoms with E-state index in [1.807, 2.05) is 64.0 Å². The number of aryl methyl sites for hydroxylation is 1. The molecule has 3 rings (SSSR count). The summed E-state index contributed by atoms with van der Waals surface area (Å²) < 4.78 is 5.00. The van der Waals surface area contributed by atoms with E-state index in [0.717, 1.165) is 36.5 Å². The number of likely N-dealkylation sites (tertiary alicyclic amines) is 1. The first-order valence-electron chi connectivity index (χ1n) is 10.9. The third kappa shape index (κ3) is 8.61. The minimum absolute atomic E-state index is 0.120. The monoisotopic (exact) mass is 407 g/mol. The quantitative estimate of drug-likeness (QED) is 0.732. The van der Waals surface area contributed by atoms with Crippen molar-refractivity contribution in [1.82, 2.24) is 4.90 Å². The molecule has 1 atom stereocenters. The van der Waals surface area contributed by atoms with Gasteiger partial charge in [-0.25, -0.2) is 0 Å². The van der Waals surface area contributed by atoms with Crippen LogP contribution >= 0.6 is 0 Å². The second kappa shape index (κ2) is 14.7. The van der Waals surface area contributed by atoms with Gasteiger partial charge in [-0.15, -0.1) is 0 Å². The van der Waals surface area contributed by atoms with E-state index in [-0.39, 0.29) is 12.5 Å². The van der Waals surface area contributed by atoms with Crippen LogP contribution < -0.4 is 10.2 Å². The molecule has 2 aromatic rings. The van der Waals surface area contributed by atoms with Crippen LogP contribution in [0.15, 0.2) is 42.5 Å². The molecule has 1 unspecified atom stereocenters. The average Bonchev–Trinajstić information content (AvgIpc) is 3.32. The van der Waals surface area contributed by atoms with Gasteiger partial charge in [-0.05, 0) is 68.2 Å². The van der Waals surface area contributed by atoms with Gasteiger partial charge in [0.25, 0.3) is 0 Å². The van der Waals surface area contributed by atoms with E-state index < -0.39 is 0 Å². The van der Waals surface area contributed by atoms with Crippen LogP contribution in [0.25, 0.3) is 0 Å². The number of ether oxygens (including phenoxy) is 1. The Bertz CT molecular complexity index is 743. The fourth-order valence-corrected chi connectivity index (χ4v) is 3.45. The summed E-state index contributed by atoms with van der Waals surface area (Å²) in [4.78, 5) is 2.40. The highest BCUT2D eigenvalue weighted by Crippen LogP contribution is 2.22. The van der Waals surface area contributed by atoms with Crippen molar-refractivity contribution in [2.45, 2.75) is 46.4 Å². The molecule has 0 amide bonds. The molecular weight excluding hydrogens is 371 g/mol. The zero-order valence-electron chi connectivity index (χ0n) is 19.2. The predicted molar refractivity (Wildman–Crippen MR) is 127 cm³/mol. The lowest BCUT2D eigenvalue weighted by Gasteiger charge is -2.22. The number of hydrogen-bond donors (Lipinski definition) is 1. The van der Waals surface area contributed by atoms with Crippen molar-refractivity contribution in [3.63, 3.8) is 0 Å². The Morgan fingerprint density at radius 2 is 1.77 bits per heavy atom. The maximum absolute atomic E-state index is 9.58. The number of methoxy groups -OCH3 is 1. The van der Waals surface area contributed by atoms with Crippen LogP contribution in [0.1, 0.15) is 49.3 Å². The Balaban J connectivity index is 0.000000318. The highest BCUT2D eigenvalue weighted by atomic mass is 16.5. The van der Waals surface area contributed by atoms with Crippen molar-refractivity contribution >= 4 is 12.7 Å². The summed E-state index contributed by atoms with van der Waals surface area (Å²) in [6.07, 6.45) is 2.52. The predicted octanol–water partition coefficient (Wildman–Crippen LogP) is 4.14. The summed E-state index contributed by atoms with van der Waals surface area (Å²) in [5.74, 6) is 1.03. The Hall–Kier alpha value is -2.29. The minimum atomic E-state index is 0.120. The van der Waals surface area contributed by atoms with Crippen molar-refractivity contribution in [3.8, 4) is 11.8 Å².